The number of para-hydroxylation sites is 1. The van der Waals surface area contributed by atoms with Crippen LogP contribution >= 0.6 is 24.0 Å². The molecule has 0 saturated heterocycles. The third kappa shape index (κ3) is 8.98. The van der Waals surface area contributed by atoms with E-state index in [1.165, 1.54) is 31.7 Å². The van der Waals surface area contributed by atoms with Crippen LogP contribution in [0, 0.1) is 0 Å². The summed E-state index contributed by atoms with van der Waals surface area (Å²) in [5.41, 5.74) is 0.324. The van der Waals surface area contributed by atoms with E-state index in [4.69, 9.17) is 0 Å². The number of halogens is 4. The maximum Gasteiger partial charge on any atom is 0.573 e. The molecule has 1 aromatic rings. The van der Waals surface area contributed by atoms with Gasteiger partial charge in [0.25, 0.3) is 0 Å². The van der Waals surface area contributed by atoms with Crippen molar-refractivity contribution < 1.29 is 22.7 Å². The second-order valence-electron chi connectivity index (χ2n) is 6.34. The van der Waals surface area contributed by atoms with Crippen LogP contribution in [0.15, 0.2) is 29.3 Å². The van der Waals surface area contributed by atoms with Gasteiger partial charge >= 0.3 is 6.36 Å². The van der Waals surface area contributed by atoms with Gasteiger partial charge in [-0.3, -0.25) is 9.79 Å². The number of nitrogens with one attached hydrogen (secondary N) is 3. The zero-order valence-corrected chi connectivity index (χ0v) is 18.0. The van der Waals surface area contributed by atoms with Crippen molar-refractivity contribution in [3.05, 3.63) is 29.8 Å². The van der Waals surface area contributed by atoms with E-state index in [2.05, 4.69) is 25.7 Å². The molecule has 0 unspecified atom stereocenters. The molecule has 0 aromatic heterocycles. The van der Waals surface area contributed by atoms with Gasteiger partial charge < -0.3 is 20.7 Å². The number of hydrogen-bond donors (Lipinski definition) is 3. The van der Waals surface area contributed by atoms with E-state index >= 15 is 0 Å². The Morgan fingerprint density at radius 1 is 1.18 bits per heavy atom. The number of amides is 1. The number of ether oxygens (including phenoxy) is 1. The molecule has 2 rings (SSSR count). The first-order chi connectivity index (χ1) is 12.9. The standard InChI is InChI=1S/C18H25F3N4O2.HI/c1-22-17(24-12-16(26)25-14-8-3-2-4-9-14)23-11-13-7-5-6-10-15(13)27-18(19,20)21;/h5-7,10,14H,2-4,8-9,11-12H2,1H3,(H,25,26)(H2,22,23,24);1H. The van der Waals surface area contributed by atoms with Gasteiger partial charge in [0.15, 0.2) is 5.96 Å². The largest absolute Gasteiger partial charge is 0.573 e. The van der Waals surface area contributed by atoms with Gasteiger partial charge in [-0.2, -0.15) is 0 Å². The van der Waals surface area contributed by atoms with Crippen molar-refractivity contribution in [2.24, 2.45) is 4.99 Å². The molecule has 0 atom stereocenters. The zero-order valence-electron chi connectivity index (χ0n) is 15.6. The summed E-state index contributed by atoms with van der Waals surface area (Å²) in [4.78, 5) is 16.0. The third-order valence-electron chi connectivity index (χ3n) is 4.25. The quantitative estimate of drug-likeness (QED) is 0.310. The third-order valence-corrected chi connectivity index (χ3v) is 4.25. The summed E-state index contributed by atoms with van der Waals surface area (Å²) in [6.45, 7) is 0.104. The molecule has 3 N–H and O–H groups in total. The number of guanidine groups is 1. The van der Waals surface area contributed by atoms with E-state index in [0.29, 0.717) is 11.5 Å². The number of hydrogen-bond acceptors (Lipinski definition) is 3. The number of rotatable bonds is 6. The highest BCUT2D eigenvalue weighted by molar-refractivity contribution is 14.0. The van der Waals surface area contributed by atoms with Crippen LogP contribution in [-0.4, -0.2) is 37.9 Å². The summed E-state index contributed by atoms with van der Waals surface area (Å²) >= 11 is 0. The normalized spacial score (nSPS) is 15.4. The van der Waals surface area contributed by atoms with Crippen molar-refractivity contribution in [1.82, 2.24) is 16.0 Å². The van der Waals surface area contributed by atoms with Crippen LogP contribution in [0.4, 0.5) is 13.2 Å². The van der Waals surface area contributed by atoms with Crippen LogP contribution in [0.1, 0.15) is 37.7 Å². The summed E-state index contributed by atoms with van der Waals surface area (Å²) < 4.78 is 41.4. The number of aliphatic imine (C=N–C) groups is 1. The van der Waals surface area contributed by atoms with Crippen LogP contribution in [0.2, 0.25) is 0 Å². The predicted molar refractivity (Wildman–Crippen MR) is 112 cm³/mol. The Balaban J connectivity index is 0.00000392. The van der Waals surface area contributed by atoms with Gasteiger partial charge in [0, 0.05) is 25.2 Å². The van der Waals surface area contributed by atoms with Crippen molar-refractivity contribution in [2.75, 3.05) is 13.6 Å². The molecule has 1 fully saturated rings. The van der Waals surface area contributed by atoms with Gasteiger partial charge in [-0.15, -0.1) is 37.1 Å². The number of benzene rings is 1. The maximum atomic E-state index is 12.5. The van der Waals surface area contributed by atoms with Gasteiger partial charge in [0.2, 0.25) is 5.91 Å². The molecular formula is C18H26F3IN4O2. The average Bonchev–Trinajstić information content (AvgIpc) is 2.62. The highest BCUT2D eigenvalue weighted by Crippen LogP contribution is 2.26. The first kappa shape index (κ1) is 24.3. The van der Waals surface area contributed by atoms with Crippen molar-refractivity contribution in [1.29, 1.82) is 0 Å². The van der Waals surface area contributed by atoms with Crippen LogP contribution in [0.5, 0.6) is 5.75 Å². The van der Waals surface area contributed by atoms with Crippen LogP contribution in [0.3, 0.4) is 0 Å². The lowest BCUT2D eigenvalue weighted by Gasteiger charge is -2.23. The van der Waals surface area contributed by atoms with Crippen molar-refractivity contribution in [3.8, 4) is 5.75 Å². The fraction of sp³-hybridized carbons (Fsp3) is 0.556. The topological polar surface area (TPSA) is 74.8 Å². The second kappa shape index (κ2) is 12.0. The molecule has 1 aromatic carbocycles. The number of carbonyl (C=O) groups excluding carboxylic acids is 1. The van der Waals surface area contributed by atoms with E-state index in [9.17, 15) is 18.0 Å². The van der Waals surface area contributed by atoms with Gasteiger partial charge in [-0.05, 0) is 18.9 Å². The van der Waals surface area contributed by atoms with E-state index < -0.39 is 6.36 Å². The average molecular weight is 514 g/mol. The van der Waals surface area contributed by atoms with Crippen LogP contribution in [-0.2, 0) is 11.3 Å². The Morgan fingerprint density at radius 3 is 2.50 bits per heavy atom. The minimum Gasteiger partial charge on any atom is -0.405 e. The highest BCUT2D eigenvalue weighted by Gasteiger charge is 2.31. The predicted octanol–water partition coefficient (Wildman–Crippen LogP) is 3.32. The first-order valence-electron chi connectivity index (χ1n) is 8.95. The summed E-state index contributed by atoms with van der Waals surface area (Å²) in [6.07, 6.45) is 0.694. The summed E-state index contributed by atoms with van der Waals surface area (Å²) in [5, 5.41) is 8.72. The molecule has 0 radical (unpaired) electrons. The molecule has 1 amide bonds. The van der Waals surface area contributed by atoms with E-state index in [0.717, 1.165) is 25.7 Å². The molecule has 0 spiro atoms. The molecule has 10 heteroatoms. The molecule has 28 heavy (non-hydrogen) atoms. The maximum absolute atomic E-state index is 12.5. The fourth-order valence-corrected chi connectivity index (χ4v) is 2.96. The Hall–Kier alpha value is -1.72. The van der Waals surface area contributed by atoms with E-state index in [1.54, 1.807) is 6.07 Å². The summed E-state index contributed by atoms with van der Waals surface area (Å²) in [7, 11) is 1.52. The lowest BCUT2D eigenvalue weighted by Crippen LogP contribution is -2.45. The Bertz CT molecular complexity index is 650. The lowest BCUT2D eigenvalue weighted by atomic mass is 9.95. The van der Waals surface area contributed by atoms with E-state index in [1.807, 2.05) is 0 Å². The molecule has 1 aliphatic rings. The summed E-state index contributed by atoms with van der Waals surface area (Å²) in [6, 6.07) is 6.07. The number of alkyl halides is 3. The SMILES string of the molecule is CN=C(NCC(=O)NC1CCCCC1)NCc1ccccc1OC(F)(F)F.I. The Morgan fingerprint density at radius 2 is 1.86 bits per heavy atom. The van der Waals surface area contributed by atoms with Crippen LogP contribution < -0.4 is 20.7 Å². The highest BCUT2D eigenvalue weighted by atomic mass is 127. The minimum atomic E-state index is -4.76. The van der Waals surface area contributed by atoms with Crippen molar-refractivity contribution >= 4 is 35.8 Å². The molecule has 0 aliphatic heterocycles. The molecule has 158 valence electrons. The number of carbonyl (C=O) groups is 1. The van der Waals surface area contributed by atoms with Gasteiger partial charge in [0.1, 0.15) is 5.75 Å². The lowest BCUT2D eigenvalue weighted by molar-refractivity contribution is -0.274. The Kier molecular flexibility index (Phi) is 10.4. The minimum absolute atomic E-state index is 0. The first-order valence-corrected chi connectivity index (χ1v) is 8.95. The number of nitrogens with zero attached hydrogens (tertiary/aromatic N) is 1. The van der Waals surface area contributed by atoms with Crippen molar-refractivity contribution in [2.45, 2.75) is 51.1 Å². The van der Waals surface area contributed by atoms with Gasteiger partial charge in [-0.1, -0.05) is 37.5 Å². The molecular weight excluding hydrogens is 488 g/mol. The monoisotopic (exact) mass is 514 g/mol. The van der Waals surface area contributed by atoms with Crippen LogP contribution in [0.25, 0.3) is 0 Å². The molecule has 0 bridgehead atoms. The smallest absolute Gasteiger partial charge is 0.405 e. The van der Waals surface area contributed by atoms with Gasteiger partial charge in [0.05, 0.1) is 6.54 Å². The van der Waals surface area contributed by atoms with Gasteiger partial charge in [-0.25, -0.2) is 0 Å². The Labute approximate surface area is 179 Å². The van der Waals surface area contributed by atoms with Crippen molar-refractivity contribution in [3.63, 3.8) is 0 Å². The molecule has 6 nitrogen and oxygen atoms in total. The molecule has 1 saturated carbocycles. The van der Waals surface area contributed by atoms with E-state index in [-0.39, 0.29) is 54.8 Å². The fourth-order valence-electron chi connectivity index (χ4n) is 2.96. The second-order valence-corrected chi connectivity index (χ2v) is 6.34. The zero-order chi connectivity index (χ0) is 19.7. The molecule has 0 heterocycles. The molecule has 1 aliphatic carbocycles. The summed E-state index contributed by atoms with van der Waals surface area (Å²) in [5.74, 6) is -0.0933.